The lowest BCUT2D eigenvalue weighted by molar-refractivity contribution is -0.398. The van der Waals surface area contributed by atoms with Gasteiger partial charge >= 0.3 is 0 Å². The van der Waals surface area contributed by atoms with E-state index in [9.17, 15) is 15.2 Å². The first-order valence-corrected chi connectivity index (χ1v) is 8.30. The summed E-state index contributed by atoms with van der Waals surface area (Å²) in [6.45, 7) is 0. The second-order valence-corrected chi connectivity index (χ2v) is 5.96. The van der Waals surface area contributed by atoms with Gasteiger partial charge in [0.05, 0.1) is 23.9 Å². The lowest BCUT2D eigenvalue weighted by Gasteiger charge is -2.12. The van der Waals surface area contributed by atoms with Crippen molar-refractivity contribution in [3.63, 3.8) is 0 Å². The molecule has 0 radical (unpaired) electrons. The maximum atomic E-state index is 11.8. The third kappa shape index (κ3) is 3.78. The zero-order valence-corrected chi connectivity index (χ0v) is 14.4. The van der Waals surface area contributed by atoms with Gasteiger partial charge in [-0.05, 0) is 6.07 Å². The second kappa shape index (κ2) is 7.62. The molecule has 0 aliphatic rings. The fourth-order valence-electron chi connectivity index (χ4n) is 2.20. The predicted molar refractivity (Wildman–Crippen MR) is 97.9 cm³/mol. The quantitative estimate of drug-likeness (QED) is 0.405. The lowest BCUT2D eigenvalue weighted by atomic mass is 10.2. The molecule has 2 aromatic carbocycles. The molecule has 3 rings (SSSR count). The van der Waals surface area contributed by atoms with E-state index in [0.29, 0.717) is 10.7 Å². The minimum Gasteiger partial charge on any atom is -0.865 e. The molecule has 0 aliphatic carbocycles. The third-order valence-electron chi connectivity index (χ3n) is 3.42. The van der Waals surface area contributed by atoms with Crippen molar-refractivity contribution in [2.24, 2.45) is 5.10 Å². The maximum Gasteiger partial charge on any atom is 0.266 e. The van der Waals surface area contributed by atoms with Crippen LogP contribution in [0.3, 0.4) is 0 Å². The van der Waals surface area contributed by atoms with Crippen molar-refractivity contribution >= 4 is 28.4 Å². The fourth-order valence-corrected chi connectivity index (χ4v) is 2.87. The van der Waals surface area contributed by atoms with Gasteiger partial charge in [0.1, 0.15) is 5.75 Å². The Kier molecular flexibility index (Phi) is 5.09. The highest BCUT2D eigenvalue weighted by atomic mass is 32.1. The fraction of sp³-hybridized carbons (Fsp3) is 0.0588. The Morgan fingerprint density at radius 1 is 1.31 bits per heavy atom. The van der Waals surface area contributed by atoms with Crippen molar-refractivity contribution in [2.45, 2.75) is 0 Å². The predicted octanol–water partition coefficient (Wildman–Crippen LogP) is 3.25. The Labute approximate surface area is 152 Å². The molecule has 0 bridgehead atoms. The SMILES string of the molecule is COc1cc(/C=N\Nc2nc(-c3ccccc3)cs2)cc([N+](=O)[O-])c1[O-]. The Morgan fingerprint density at radius 3 is 2.77 bits per heavy atom. The molecule has 3 aromatic rings. The van der Waals surface area contributed by atoms with E-state index in [2.05, 4.69) is 15.5 Å². The van der Waals surface area contributed by atoms with Crippen LogP contribution in [0.2, 0.25) is 0 Å². The number of thiazole rings is 1. The number of hydrogen-bond donors (Lipinski definition) is 1. The first-order chi connectivity index (χ1) is 12.6. The van der Waals surface area contributed by atoms with Crippen LogP contribution in [0.4, 0.5) is 10.8 Å². The van der Waals surface area contributed by atoms with Crippen LogP contribution in [0.25, 0.3) is 11.3 Å². The first-order valence-electron chi connectivity index (χ1n) is 7.42. The summed E-state index contributed by atoms with van der Waals surface area (Å²) in [5, 5.41) is 29.2. The van der Waals surface area contributed by atoms with Crippen LogP contribution in [-0.2, 0) is 0 Å². The molecule has 0 saturated carbocycles. The molecule has 0 unspecified atom stereocenters. The van der Waals surface area contributed by atoms with Crippen molar-refractivity contribution in [1.82, 2.24) is 4.98 Å². The number of rotatable bonds is 6. The summed E-state index contributed by atoms with van der Waals surface area (Å²) < 4.78 is 4.88. The molecule has 0 saturated heterocycles. The van der Waals surface area contributed by atoms with Crippen LogP contribution in [0.15, 0.2) is 52.9 Å². The van der Waals surface area contributed by atoms with E-state index in [-0.39, 0.29) is 5.75 Å². The Bertz CT molecular complexity index is 957. The van der Waals surface area contributed by atoms with Crippen LogP contribution in [-0.4, -0.2) is 23.2 Å². The van der Waals surface area contributed by atoms with Crippen LogP contribution in [0, 0.1) is 10.1 Å². The van der Waals surface area contributed by atoms with E-state index in [0.717, 1.165) is 17.3 Å². The van der Waals surface area contributed by atoms with Gasteiger partial charge in [-0.2, -0.15) is 5.10 Å². The molecule has 8 nitrogen and oxygen atoms in total. The van der Waals surface area contributed by atoms with Gasteiger partial charge < -0.3 is 9.84 Å². The molecule has 0 spiro atoms. The minimum absolute atomic E-state index is 0.110. The van der Waals surface area contributed by atoms with Crippen molar-refractivity contribution in [1.29, 1.82) is 0 Å². The number of nitrogens with zero attached hydrogens (tertiary/aromatic N) is 3. The number of hydrazone groups is 1. The largest absolute Gasteiger partial charge is 0.865 e. The number of aromatic nitrogens is 1. The van der Waals surface area contributed by atoms with Crippen LogP contribution in [0.1, 0.15) is 5.56 Å². The average Bonchev–Trinajstić information content (AvgIpc) is 3.12. The highest BCUT2D eigenvalue weighted by Crippen LogP contribution is 2.34. The van der Waals surface area contributed by atoms with E-state index in [1.54, 1.807) is 0 Å². The molecule has 1 aromatic heterocycles. The van der Waals surface area contributed by atoms with Gasteiger partial charge in [-0.25, -0.2) is 4.98 Å². The molecule has 0 aliphatic heterocycles. The summed E-state index contributed by atoms with van der Waals surface area (Å²) in [7, 11) is 1.28. The van der Waals surface area contributed by atoms with Gasteiger partial charge in [-0.3, -0.25) is 15.5 Å². The van der Waals surface area contributed by atoms with Crippen molar-refractivity contribution in [3.05, 3.63) is 63.5 Å². The second-order valence-electron chi connectivity index (χ2n) is 5.10. The molecular formula is C17H13N4O4S-. The Morgan fingerprint density at radius 2 is 2.08 bits per heavy atom. The number of methoxy groups -OCH3 is 1. The maximum absolute atomic E-state index is 11.8. The normalized spacial score (nSPS) is 10.8. The number of hydrogen-bond acceptors (Lipinski definition) is 8. The van der Waals surface area contributed by atoms with E-state index >= 15 is 0 Å². The summed E-state index contributed by atoms with van der Waals surface area (Å²) in [4.78, 5) is 14.6. The summed E-state index contributed by atoms with van der Waals surface area (Å²) in [6.07, 6.45) is 1.36. The van der Waals surface area contributed by atoms with Crippen LogP contribution < -0.4 is 15.3 Å². The van der Waals surface area contributed by atoms with Crippen LogP contribution >= 0.6 is 11.3 Å². The zero-order valence-electron chi connectivity index (χ0n) is 13.6. The number of nitro groups is 1. The van der Waals surface area contributed by atoms with Crippen molar-refractivity contribution in [2.75, 3.05) is 12.5 Å². The summed E-state index contributed by atoms with van der Waals surface area (Å²) in [5.74, 6) is -0.878. The highest BCUT2D eigenvalue weighted by Gasteiger charge is 2.12. The van der Waals surface area contributed by atoms with Crippen molar-refractivity contribution in [3.8, 4) is 22.8 Å². The number of anilines is 1. The van der Waals surface area contributed by atoms with Gasteiger partial charge in [0, 0.05) is 28.3 Å². The van der Waals surface area contributed by atoms with Gasteiger partial charge in [0.15, 0.2) is 0 Å². The summed E-state index contributed by atoms with van der Waals surface area (Å²) in [6, 6.07) is 12.2. The molecule has 132 valence electrons. The van der Waals surface area contributed by atoms with Crippen molar-refractivity contribution < 1.29 is 14.8 Å². The summed E-state index contributed by atoms with van der Waals surface area (Å²) in [5.41, 5.74) is 4.38. The molecular weight excluding hydrogens is 356 g/mol. The Balaban J connectivity index is 1.76. The van der Waals surface area contributed by atoms with Crippen LogP contribution in [0.5, 0.6) is 11.5 Å². The lowest BCUT2D eigenvalue weighted by Crippen LogP contribution is -2.02. The molecule has 1 heterocycles. The van der Waals surface area contributed by atoms with Gasteiger partial charge in [0.2, 0.25) is 5.13 Å². The number of benzene rings is 2. The van der Waals surface area contributed by atoms with Gasteiger partial charge in [0.25, 0.3) is 5.69 Å². The highest BCUT2D eigenvalue weighted by molar-refractivity contribution is 7.14. The number of ether oxygens (including phenoxy) is 1. The number of nitro benzene ring substituents is 1. The molecule has 9 heteroatoms. The number of nitrogens with one attached hydrogen (secondary N) is 1. The average molecular weight is 369 g/mol. The zero-order chi connectivity index (χ0) is 18.5. The van der Waals surface area contributed by atoms with E-state index in [1.165, 1.54) is 30.7 Å². The molecule has 0 amide bonds. The Hall–Kier alpha value is -3.46. The molecule has 26 heavy (non-hydrogen) atoms. The monoisotopic (exact) mass is 369 g/mol. The topological polar surface area (TPSA) is 113 Å². The van der Waals surface area contributed by atoms with Gasteiger partial charge in [-0.15, -0.1) is 11.3 Å². The van der Waals surface area contributed by atoms with E-state index in [1.807, 2.05) is 35.7 Å². The molecule has 0 fully saturated rings. The van der Waals surface area contributed by atoms with E-state index < -0.39 is 16.4 Å². The first kappa shape index (κ1) is 17.4. The smallest absolute Gasteiger partial charge is 0.266 e. The standard InChI is InChI=1S/C17H14N4O4S/c1-25-15-8-11(7-14(16(15)22)21(23)24)9-18-20-17-19-13(10-26-17)12-5-3-2-4-6-12/h2-10,22H,1H3,(H,19,20)/p-1/b18-9-. The molecule has 1 N–H and O–H groups in total. The summed E-state index contributed by atoms with van der Waals surface area (Å²) >= 11 is 1.38. The van der Waals surface area contributed by atoms with Gasteiger partial charge in [-0.1, -0.05) is 30.3 Å². The minimum atomic E-state index is -0.768. The third-order valence-corrected chi connectivity index (χ3v) is 4.17. The molecule has 0 atom stereocenters. The van der Waals surface area contributed by atoms with E-state index in [4.69, 9.17) is 4.74 Å².